The smallest absolute Gasteiger partial charge is 0.408 e. The van der Waals surface area contributed by atoms with Crippen LogP contribution in [-0.2, 0) is 22.6 Å². The number of carbonyl (C=O) groups excluding carboxylic acids is 2. The third kappa shape index (κ3) is 4.82. The van der Waals surface area contributed by atoms with Gasteiger partial charge in [-0.2, -0.15) is 0 Å². The van der Waals surface area contributed by atoms with Crippen LogP contribution < -0.4 is 10.6 Å². The molecule has 2 aromatic rings. The molecule has 4 bridgehead atoms. The second kappa shape index (κ2) is 8.97. The Kier molecular flexibility index (Phi) is 5.90. The summed E-state index contributed by atoms with van der Waals surface area (Å²) in [5, 5.41) is 6.26. The van der Waals surface area contributed by atoms with Crippen molar-refractivity contribution in [2.24, 2.45) is 17.8 Å². The van der Waals surface area contributed by atoms with E-state index in [4.69, 9.17) is 4.74 Å². The van der Waals surface area contributed by atoms with Crippen molar-refractivity contribution in [1.29, 1.82) is 0 Å². The first kappa shape index (κ1) is 21.0. The molecule has 168 valence electrons. The van der Waals surface area contributed by atoms with Crippen LogP contribution in [0.25, 0.3) is 0 Å². The van der Waals surface area contributed by atoms with Crippen molar-refractivity contribution < 1.29 is 14.3 Å². The number of carbonyl (C=O) groups is 2. The Hall–Kier alpha value is -2.82. The summed E-state index contributed by atoms with van der Waals surface area (Å²) in [5.41, 5.74) is 1.85. The van der Waals surface area contributed by atoms with Crippen molar-refractivity contribution in [3.05, 3.63) is 71.8 Å². The van der Waals surface area contributed by atoms with E-state index in [0.717, 1.165) is 48.1 Å². The third-order valence-electron chi connectivity index (χ3n) is 7.53. The van der Waals surface area contributed by atoms with E-state index in [9.17, 15) is 9.59 Å². The van der Waals surface area contributed by atoms with Gasteiger partial charge in [0.05, 0.1) is 0 Å². The molecule has 2 N–H and O–H groups in total. The lowest BCUT2D eigenvalue weighted by Gasteiger charge is -2.57. The zero-order valence-corrected chi connectivity index (χ0v) is 18.5. The van der Waals surface area contributed by atoms with Crippen molar-refractivity contribution in [3.8, 4) is 0 Å². The van der Waals surface area contributed by atoms with Crippen molar-refractivity contribution >= 4 is 12.0 Å². The minimum Gasteiger partial charge on any atom is -0.445 e. The number of amides is 2. The molecule has 0 radical (unpaired) electrons. The molecule has 2 amide bonds. The molecule has 4 fully saturated rings. The predicted octanol–water partition coefficient (Wildman–Crippen LogP) is 4.61. The molecule has 32 heavy (non-hydrogen) atoms. The molecule has 0 aliphatic heterocycles. The van der Waals surface area contributed by atoms with E-state index >= 15 is 0 Å². The van der Waals surface area contributed by atoms with Gasteiger partial charge in [-0.3, -0.25) is 4.79 Å². The largest absolute Gasteiger partial charge is 0.445 e. The summed E-state index contributed by atoms with van der Waals surface area (Å²) in [7, 11) is 0. The lowest BCUT2D eigenvalue weighted by Crippen LogP contribution is -2.63. The van der Waals surface area contributed by atoms with E-state index in [1.807, 2.05) is 60.7 Å². The molecule has 2 aromatic carbocycles. The Labute approximate surface area is 189 Å². The molecule has 5 heteroatoms. The van der Waals surface area contributed by atoms with Crippen LogP contribution in [0.4, 0.5) is 4.79 Å². The fourth-order valence-corrected chi connectivity index (χ4v) is 6.58. The van der Waals surface area contributed by atoms with Gasteiger partial charge in [0.1, 0.15) is 12.6 Å². The fraction of sp³-hybridized carbons (Fsp3) is 0.481. The van der Waals surface area contributed by atoms with Crippen LogP contribution in [0.2, 0.25) is 0 Å². The van der Waals surface area contributed by atoms with E-state index in [-0.39, 0.29) is 18.1 Å². The van der Waals surface area contributed by atoms with Gasteiger partial charge in [-0.05, 0) is 67.4 Å². The summed E-state index contributed by atoms with van der Waals surface area (Å²) in [6, 6.07) is 18.8. The molecule has 6 rings (SSSR count). The minimum absolute atomic E-state index is 0.0869. The molecule has 5 nitrogen and oxygen atoms in total. The molecule has 0 aromatic heterocycles. The molecule has 0 unspecified atom stereocenters. The maximum absolute atomic E-state index is 13.5. The molecule has 0 saturated heterocycles. The predicted molar refractivity (Wildman–Crippen MR) is 123 cm³/mol. The first-order valence-electron chi connectivity index (χ1n) is 11.9. The zero-order valence-electron chi connectivity index (χ0n) is 18.5. The summed E-state index contributed by atoms with van der Waals surface area (Å²) in [6.07, 6.45) is 7.12. The van der Waals surface area contributed by atoms with Gasteiger partial charge in [-0.15, -0.1) is 0 Å². The topological polar surface area (TPSA) is 67.4 Å². The van der Waals surface area contributed by atoms with Gasteiger partial charge in [-0.25, -0.2) is 4.79 Å². The normalized spacial score (nSPS) is 28.7. The second-order valence-corrected chi connectivity index (χ2v) is 10.1. The first-order chi connectivity index (χ1) is 15.6. The standard InChI is InChI=1S/C27H32N2O3/c30-25(29-27-15-21-11-22(16-27)13-23(12-21)17-27)24(14-19-7-3-1-4-8-19)28-26(31)32-18-20-9-5-2-6-10-20/h1-10,21-24H,11-18H2,(H,28,31)(H,29,30)/t21?,22?,23?,24-,27?/m1/s1. The third-order valence-corrected chi connectivity index (χ3v) is 7.53. The van der Waals surface area contributed by atoms with Crippen molar-refractivity contribution in [1.82, 2.24) is 10.6 Å². The van der Waals surface area contributed by atoms with Crippen LogP contribution in [0.1, 0.15) is 49.7 Å². The quantitative estimate of drug-likeness (QED) is 0.671. The average Bonchev–Trinajstić information content (AvgIpc) is 2.77. The summed E-state index contributed by atoms with van der Waals surface area (Å²) >= 11 is 0. The molecular formula is C27H32N2O3. The van der Waals surface area contributed by atoms with Crippen LogP contribution >= 0.6 is 0 Å². The van der Waals surface area contributed by atoms with Gasteiger partial charge in [-0.1, -0.05) is 60.7 Å². The number of hydrogen-bond acceptors (Lipinski definition) is 3. The van der Waals surface area contributed by atoms with Gasteiger partial charge in [0.2, 0.25) is 5.91 Å². The van der Waals surface area contributed by atoms with Crippen LogP contribution in [-0.4, -0.2) is 23.6 Å². The Morgan fingerprint density at radius 1 is 0.844 bits per heavy atom. The SMILES string of the molecule is O=C(N[C@H](Cc1ccccc1)C(=O)NC12CC3CC(CC(C3)C1)C2)OCc1ccccc1. The number of alkyl carbamates (subject to hydrolysis) is 1. The van der Waals surface area contributed by atoms with Gasteiger partial charge in [0.25, 0.3) is 0 Å². The van der Waals surface area contributed by atoms with Gasteiger partial charge in [0.15, 0.2) is 0 Å². The van der Waals surface area contributed by atoms with Crippen LogP contribution in [0.15, 0.2) is 60.7 Å². The number of rotatable bonds is 7. The van der Waals surface area contributed by atoms with Crippen molar-refractivity contribution in [3.63, 3.8) is 0 Å². The Bertz CT molecular complexity index is 909. The van der Waals surface area contributed by atoms with Crippen molar-refractivity contribution in [2.75, 3.05) is 0 Å². The van der Waals surface area contributed by atoms with E-state index < -0.39 is 12.1 Å². The summed E-state index contributed by atoms with van der Waals surface area (Å²) in [4.78, 5) is 26.0. The second-order valence-electron chi connectivity index (χ2n) is 10.1. The van der Waals surface area contributed by atoms with E-state index in [1.54, 1.807) is 0 Å². The molecular weight excluding hydrogens is 400 g/mol. The Morgan fingerprint density at radius 2 is 1.38 bits per heavy atom. The molecule has 1 atom stereocenters. The average molecular weight is 433 g/mol. The molecule has 0 spiro atoms. The van der Waals surface area contributed by atoms with Gasteiger partial charge >= 0.3 is 6.09 Å². The molecule has 0 heterocycles. The van der Waals surface area contributed by atoms with E-state index in [2.05, 4.69) is 10.6 Å². The molecule has 4 saturated carbocycles. The minimum atomic E-state index is -0.659. The molecule has 4 aliphatic rings. The highest BCUT2D eigenvalue weighted by Crippen LogP contribution is 2.55. The maximum Gasteiger partial charge on any atom is 0.408 e. The van der Waals surface area contributed by atoms with E-state index in [1.165, 1.54) is 19.3 Å². The first-order valence-corrected chi connectivity index (χ1v) is 11.9. The Morgan fingerprint density at radius 3 is 1.94 bits per heavy atom. The van der Waals surface area contributed by atoms with Crippen LogP contribution in [0, 0.1) is 17.8 Å². The monoisotopic (exact) mass is 432 g/mol. The van der Waals surface area contributed by atoms with Gasteiger partial charge < -0.3 is 15.4 Å². The number of hydrogen-bond donors (Lipinski definition) is 2. The highest BCUT2D eigenvalue weighted by atomic mass is 16.5. The maximum atomic E-state index is 13.5. The summed E-state index contributed by atoms with van der Waals surface area (Å²) < 4.78 is 5.41. The summed E-state index contributed by atoms with van der Waals surface area (Å²) in [6.45, 7) is 0.182. The highest BCUT2D eigenvalue weighted by molar-refractivity contribution is 5.86. The fourth-order valence-electron chi connectivity index (χ4n) is 6.58. The number of nitrogens with one attached hydrogen (secondary N) is 2. The summed E-state index contributed by atoms with van der Waals surface area (Å²) in [5.74, 6) is 2.15. The highest BCUT2D eigenvalue weighted by Gasteiger charge is 2.51. The van der Waals surface area contributed by atoms with Crippen molar-refractivity contribution in [2.45, 2.75) is 63.1 Å². The molecule has 4 aliphatic carbocycles. The van der Waals surface area contributed by atoms with E-state index in [0.29, 0.717) is 6.42 Å². The Balaban J connectivity index is 1.26. The number of benzene rings is 2. The number of ether oxygens (including phenoxy) is 1. The zero-order chi connectivity index (χ0) is 22.0. The van der Waals surface area contributed by atoms with Gasteiger partial charge in [0, 0.05) is 12.0 Å². The lowest BCUT2D eigenvalue weighted by molar-refractivity contribution is -0.128. The van der Waals surface area contributed by atoms with Crippen LogP contribution in [0.5, 0.6) is 0 Å². The van der Waals surface area contributed by atoms with Crippen LogP contribution in [0.3, 0.4) is 0 Å². The lowest BCUT2D eigenvalue weighted by atomic mass is 9.53.